The average Bonchev–Trinajstić information content (AvgIpc) is 2.46. The Morgan fingerprint density at radius 2 is 1.95 bits per heavy atom. The van der Waals surface area contributed by atoms with Gasteiger partial charge in [0.25, 0.3) is 0 Å². The van der Waals surface area contributed by atoms with E-state index in [9.17, 15) is 4.39 Å². The van der Waals surface area contributed by atoms with Crippen molar-refractivity contribution in [3.8, 4) is 0 Å². The molecule has 0 amide bonds. The number of halogens is 2. The summed E-state index contributed by atoms with van der Waals surface area (Å²) in [5.74, 6) is -0.243. The van der Waals surface area contributed by atoms with Gasteiger partial charge in [0, 0.05) is 21.4 Å². The van der Waals surface area contributed by atoms with E-state index < -0.39 is 0 Å². The summed E-state index contributed by atoms with van der Waals surface area (Å²) in [6.45, 7) is 0. The Kier molecular flexibility index (Phi) is 3.67. The lowest BCUT2D eigenvalue weighted by atomic mass is 9.95. The smallest absolute Gasteiger partial charge is 0.124 e. The van der Waals surface area contributed by atoms with Crippen LogP contribution < -0.4 is 5.73 Å². The lowest BCUT2D eigenvalue weighted by Gasteiger charge is -2.16. The summed E-state index contributed by atoms with van der Waals surface area (Å²) >= 11 is 2.12. The number of hydrogen-bond donors (Lipinski definition) is 1. The Morgan fingerprint density at radius 3 is 2.75 bits per heavy atom. The highest BCUT2D eigenvalue weighted by molar-refractivity contribution is 14.1. The maximum atomic E-state index is 13.2. The third kappa shape index (κ3) is 2.41. The second-order valence-corrected chi connectivity index (χ2v) is 5.75. The molecule has 2 aromatic carbocycles. The molecule has 0 spiro atoms. The van der Waals surface area contributed by atoms with Crippen molar-refractivity contribution in [2.75, 3.05) is 0 Å². The van der Waals surface area contributed by atoms with E-state index in [4.69, 9.17) is 5.73 Å². The van der Waals surface area contributed by atoms with Crippen molar-refractivity contribution >= 4 is 33.4 Å². The van der Waals surface area contributed by atoms with Gasteiger partial charge in [-0.1, -0.05) is 24.3 Å². The van der Waals surface area contributed by atoms with Gasteiger partial charge in [-0.2, -0.15) is 0 Å². The molecule has 20 heavy (non-hydrogen) atoms. The standard InChI is InChI=1S/C16H12FIN2/c17-11-4-5-14(15(18)8-11)16(19)13-3-1-2-10-9-20-7-6-12(10)13/h1-9,16H,19H2. The minimum atomic E-state index is -0.284. The Balaban J connectivity index is 2.15. The Labute approximate surface area is 130 Å². The van der Waals surface area contributed by atoms with Crippen LogP contribution in [-0.4, -0.2) is 4.98 Å². The second-order valence-electron chi connectivity index (χ2n) is 4.59. The summed E-state index contributed by atoms with van der Waals surface area (Å²) in [6.07, 6.45) is 3.58. The zero-order valence-corrected chi connectivity index (χ0v) is 12.7. The van der Waals surface area contributed by atoms with E-state index in [1.54, 1.807) is 12.3 Å². The van der Waals surface area contributed by atoms with Crippen LogP contribution in [0.25, 0.3) is 10.8 Å². The van der Waals surface area contributed by atoms with Crippen molar-refractivity contribution in [2.24, 2.45) is 5.73 Å². The highest BCUT2D eigenvalue weighted by Crippen LogP contribution is 2.29. The number of hydrogen-bond acceptors (Lipinski definition) is 2. The summed E-state index contributed by atoms with van der Waals surface area (Å²) in [7, 11) is 0. The van der Waals surface area contributed by atoms with Gasteiger partial charge in [0.1, 0.15) is 5.82 Å². The molecule has 1 unspecified atom stereocenters. The summed E-state index contributed by atoms with van der Waals surface area (Å²) in [6, 6.07) is 12.4. The van der Waals surface area contributed by atoms with Gasteiger partial charge in [0.2, 0.25) is 0 Å². The van der Waals surface area contributed by atoms with Gasteiger partial charge < -0.3 is 5.73 Å². The van der Waals surface area contributed by atoms with Crippen LogP contribution in [0, 0.1) is 9.39 Å². The third-order valence-corrected chi connectivity index (χ3v) is 4.28. The molecule has 1 atom stereocenters. The molecule has 0 aliphatic rings. The SMILES string of the molecule is NC(c1ccc(F)cc1I)c1cccc2cnccc12. The van der Waals surface area contributed by atoms with Crippen LogP contribution in [0.1, 0.15) is 17.2 Å². The van der Waals surface area contributed by atoms with E-state index >= 15 is 0 Å². The highest BCUT2D eigenvalue weighted by atomic mass is 127. The van der Waals surface area contributed by atoms with Crippen LogP contribution in [0.3, 0.4) is 0 Å². The molecule has 0 bridgehead atoms. The molecule has 2 nitrogen and oxygen atoms in total. The number of nitrogens with zero attached hydrogens (tertiary/aromatic N) is 1. The molecular weight excluding hydrogens is 366 g/mol. The Hall–Kier alpha value is -1.53. The maximum Gasteiger partial charge on any atom is 0.124 e. The van der Waals surface area contributed by atoms with Crippen LogP contribution in [0.2, 0.25) is 0 Å². The first-order valence-electron chi connectivity index (χ1n) is 6.20. The zero-order chi connectivity index (χ0) is 14.1. The van der Waals surface area contributed by atoms with Gasteiger partial charge in [-0.25, -0.2) is 4.39 Å². The minimum absolute atomic E-state index is 0.243. The lowest BCUT2D eigenvalue weighted by Crippen LogP contribution is -2.14. The average molecular weight is 378 g/mol. The molecule has 0 fully saturated rings. The fourth-order valence-corrected chi connectivity index (χ4v) is 3.15. The van der Waals surface area contributed by atoms with Gasteiger partial charge in [-0.15, -0.1) is 0 Å². The summed E-state index contributed by atoms with van der Waals surface area (Å²) in [5.41, 5.74) is 8.34. The number of rotatable bonds is 2. The van der Waals surface area contributed by atoms with Crippen molar-refractivity contribution in [1.29, 1.82) is 0 Å². The topological polar surface area (TPSA) is 38.9 Å². The van der Waals surface area contributed by atoms with Gasteiger partial charge in [-0.3, -0.25) is 4.98 Å². The summed E-state index contributed by atoms with van der Waals surface area (Å²) in [4.78, 5) is 4.12. The molecule has 0 aliphatic heterocycles. The molecule has 0 radical (unpaired) electrons. The fourth-order valence-electron chi connectivity index (χ4n) is 2.34. The lowest BCUT2D eigenvalue weighted by molar-refractivity contribution is 0.625. The predicted molar refractivity (Wildman–Crippen MR) is 86.9 cm³/mol. The van der Waals surface area contributed by atoms with E-state index in [2.05, 4.69) is 27.6 Å². The number of fused-ring (bicyclic) bond motifs is 1. The van der Waals surface area contributed by atoms with Crippen molar-refractivity contribution in [3.05, 3.63) is 75.4 Å². The number of aromatic nitrogens is 1. The van der Waals surface area contributed by atoms with Gasteiger partial charge in [0.15, 0.2) is 0 Å². The maximum absolute atomic E-state index is 13.2. The minimum Gasteiger partial charge on any atom is -0.320 e. The first kappa shape index (κ1) is 13.5. The predicted octanol–water partition coefficient (Wildman–Crippen LogP) is 4.03. The van der Waals surface area contributed by atoms with Crippen LogP contribution in [0.5, 0.6) is 0 Å². The van der Waals surface area contributed by atoms with Crippen LogP contribution >= 0.6 is 22.6 Å². The first-order valence-corrected chi connectivity index (χ1v) is 7.28. The molecule has 4 heteroatoms. The van der Waals surface area contributed by atoms with Crippen LogP contribution in [-0.2, 0) is 0 Å². The van der Waals surface area contributed by atoms with Crippen molar-refractivity contribution in [3.63, 3.8) is 0 Å². The Morgan fingerprint density at radius 1 is 1.10 bits per heavy atom. The van der Waals surface area contributed by atoms with E-state index in [0.29, 0.717) is 0 Å². The van der Waals surface area contributed by atoms with Gasteiger partial charge >= 0.3 is 0 Å². The second kappa shape index (κ2) is 5.46. The van der Waals surface area contributed by atoms with E-state index in [1.807, 2.05) is 30.5 Å². The van der Waals surface area contributed by atoms with Crippen molar-refractivity contribution in [1.82, 2.24) is 4.98 Å². The van der Waals surface area contributed by atoms with Crippen molar-refractivity contribution in [2.45, 2.75) is 6.04 Å². The summed E-state index contributed by atoms with van der Waals surface area (Å²) < 4.78 is 14.0. The third-order valence-electron chi connectivity index (χ3n) is 3.35. The van der Waals surface area contributed by atoms with Crippen molar-refractivity contribution < 1.29 is 4.39 Å². The molecule has 100 valence electrons. The first-order chi connectivity index (χ1) is 9.66. The highest BCUT2D eigenvalue weighted by Gasteiger charge is 2.15. The van der Waals surface area contributed by atoms with Crippen LogP contribution in [0.15, 0.2) is 54.9 Å². The fraction of sp³-hybridized carbons (Fsp3) is 0.0625. The normalized spacial score (nSPS) is 12.6. The molecule has 0 aliphatic carbocycles. The number of nitrogens with two attached hydrogens (primary N) is 1. The molecule has 2 N–H and O–H groups in total. The molecule has 0 saturated heterocycles. The molecule has 3 aromatic rings. The quantitative estimate of drug-likeness (QED) is 0.684. The molecule has 3 rings (SSSR count). The molecular formula is C16H12FIN2. The van der Waals surface area contributed by atoms with Crippen LogP contribution in [0.4, 0.5) is 4.39 Å². The molecule has 0 saturated carbocycles. The van der Waals surface area contributed by atoms with Gasteiger partial charge in [0.05, 0.1) is 6.04 Å². The molecule has 1 heterocycles. The van der Waals surface area contributed by atoms with E-state index in [0.717, 1.165) is 25.5 Å². The molecule has 1 aromatic heterocycles. The van der Waals surface area contributed by atoms with Gasteiger partial charge in [-0.05, 0) is 57.3 Å². The largest absolute Gasteiger partial charge is 0.320 e. The van der Waals surface area contributed by atoms with E-state index in [1.165, 1.54) is 12.1 Å². The van der Waals surface area contributed by atoms with E-state index in [-0.39, 0.29) is 11.9 Å². The zero-order valence-electron chi connectivity index (χ0n) is 10.6. The Bertz CT molecular complexity index is 768. The number of benzene rings is 2. The number of pyridine rings is 1. The monoisotopic (exact) mass is 378 g/mol. The summed E-state index contributed by atoms with van der Waals surface area (Å²) in [5, 5.41) is 2.13.